The molecule has 0 bridgehead atoms. The molecule has 0 aliphatic heterocycles. The zero-order valence-corrected chi connectivity index (χ0v) is 11.3. The van der Waals surface area contributed by atoms with Crippen LogP contribution in [0.1, 0.15) is 11.3 Å². The van der Waals surface area contributed by atoms with Gasteiger partial charge in [-0.2, -0.15) is 4.98 Å². The second kappa shape index (κ2) is 5.38. The third-order valence-electron chi connectivity index (χ3n) is 2.54. The maximum Gasteiger partial charge on any atom is 0.352 e. The van der Waals surface area contributed by atoms with Crippen LogP contribution in [0.5, 0.6) is 11.6 Å². The van der Waals surface area contributed by atoms with Crippen LogP contribution < -0.4 is 4.74 Å². The molecule has 0 unspecified atom stereocenters. The van der Waals surface area contributed by atoms with E-state index in [9.17, 15) is 14.5 Å². The summed E-state index contributed by atoms with van der Waals surface area (Å²) >= 11 is 5.67. The number of aromatic nitrogens is 2. The molecule has 0 aliphatic carbocycles. The van der Waals surface area contributed by atoms with Crippen LogP contribution in [0.15, 0.2) is 18.2 Å². The van der Waals surface area contributed by atoms with Gasteiger partial charge in [-0.15, -0.1) is 0 Å². The summed E-state index contributed by atoms with van der Waals surface area (Å²) in [6.45, 7) is 3.09. The Bertz CT molecular complexity index is 694. The molecule has 2 rings (SSSR count). The smallest absolute Gasteiger partial charge is 0.352 e. The van der Waals surface area contributed by atoms with Gasteiger partial charge in [0.15, 0.2) is 0 Å². The predicted molar refractivity (Wildman–Crippen MR) is 69.6 cm³/mol. The third kappa shape index (κ3) is 2.83. The molecule has 0 saturated heterocycles. The molecule has 0 aliphatic rings. The highest BCUT2D eigenvalue weighted by atomic mass is 35.5. The van der Waals surface area contributed by atoms with Crippen LogP contribution in [-0.2, 0) is 0 Å². The molecule has 1 heterocycles. The summed E-state index contributed by atoms with van der Waals surface area (Å²) in [6, 6.07) is 3.87. The summed E-state index contributed by atoms with van der Waals surface area (Å²) in [5.74, 6) is -0.714. The minimum absolute atomic E-state index is 0.0686. The fourth-order valence-corrected chi connectivity index (χ4v) is 1.78. The van der Waals surface area contributed by atoms with Crippen LogP contribution in [0.3, 0.4) is 0 Å². The second-order valence-corrected chi connectivity index (χ2v) is 4.34. The van der Waals surface area contributed by atoms with Crippen molar-refractivity contribution in [2.24, 2.45) is 0 Å². The molecule has 2 aromatic rings. The van der Waals surface area contributed by atoms with Crippen molar-refractivity contribution in [3.8, 4) is 11.6 Å². The Hall–Kier alpha value is -2.28. The standard InChI is InChI=1S/C12H9ClFN3O3/c1-6-3-4-8(14)5-9(6)20-11-10(17(18)19)7(2)15-12(13)16-11/h3-5H,1-2H3. The summed E-state index contributed by atoms with van der Waals surface area (Å²) in [5.41, 5.74) is 0.269. The minimum atomic E-state index is -0.671. The van der Waals surface area contributed by atoms with Gasteiger partial charge in [0.1, 0.15) is 17.3 Å². The SMILES string of the molecule is Cc1ccc(F)cc1Oc1nc(Cl)nc(C)c1[N+](=O)[O-]. The maximum absolute atomic E-state index is 13.2. The number of aryl methyl sites for hydroxylation is 2. The molecule has 0 spiro atoms. The zero-order valence-electron chi connectivity index (χ0n) is 10.6. The first kappa shape index (κ1) is 14.1. The molecule has 104 valence electrons. The lowest BCUT2D eigenvalue weighted by Crippen LogP contribution is -2.02. The van der Waals surface area contributed by atoms with Gasteiger partial charge in [0.05, 0.1) is 4.92 Å². The van der Waals surface area contributed by atoms with Crippen molar-refractivity contribution in [2.75, 3.05) is 0 Å². The number of ether oxygens (including phenoxy) is 1. The molecule has 0 fully saturated rings. The van der Waals surface area contributed by atoms with Crippen molar-refractivity contribution < 1.29 is 14.1 Å². The Balaban J connectivity index is 2.53. The molecule has 1 aromatic carbocycles. The average Bonchev–Trinajstić information content (AvgIpc) is 2.32. The van der Waals surface area contributed by atoms with E-state index in [-0.39, 0.29) is 22.6 Å². The lowest BCUT2D eigenvalue weighted by Gasteiger charge is -2.09. The lowest BCUT2D eigenvalue weighted by molar-refractivity contribution is -0.386. The van der Waals surface area contributed by atoms with E-state index in [1.807, 2.05) is 0 Å². The monoisotopic (exact) mass is 297 g/mol. The Labute approximate surface area is 118 Å². The Kier molecular flexibility index (Phi) is 3.80. The summed E-state index contributed by atoms with van der Waals surface area (Å²) < 4.78 is 18.5. The molecule has 1 aromatic heterocycles. The van der Waals surface area contributed by atoms with Gasteiger partial charge in [-0.1, -0.05) is 6.07 Å². The molecule has 0 atom stereocenters. The van der Waals surface area contributed by atoms with Gasteiger partial charge in [-0.3, -0.25) is 10.1 Å². The molecular formula is C12H9ClFN3O3. The van der Waals surface area contributed by atoms with E-state index in [1.165, 1.54) is 19.1 Å². The van der Waals surface area contributed by atoms with Crippen LogP contribution in [-0.4, -0.2) is 14.9 Å². The predicted octanol–water partition coefficient (Wildman–Crippen LogP) is 3.59. The highest BCUT2D eigenvalue weighted by molar-refractivity contribution is 6.28. The fourth-order valence-electron chi connectivity index (χ4n) is 1.58. The largest absolute Gasteiger partial charge is 0.433 e. The van der Waals surface area contributed by atoms with Crippen LogP contribution >= 0.6 is 11.6 Å². The van der Waals surface area contributed by atoms with E-state index < -0.39 is 16.4 Å². The molecule has 20 heavy (non-hydrogen) atoms. The number of rotatable bonds is 3. The topological polar surface area (TPSA) is 78.2 Å². The molecular weight excluding hydrogens is 289 g/mol. The number of hydrogen-bond acceptors (Lipinski definition) is 5. The molecule has 0 N–H and O–H groups in total. The number of hydrogen-bond donors (Lipinski definition) is 0. The van der Waals surface area contributed by atoms with Gasteiger partial charge in [0, 0.05) is 6.07 Å². The van der Waals surface area contributed by atoms with E-state index in [4.69, 9.17) is 16.3 Å². The van der Waals surface area contributed by atoms with Gasteiger partial charge in [0.25, 0.3) is 0 Å². The highest BCUT2D eigenvalue weighted by Crippen LogP contribution is 2.33. The average molecular weight is 298 g/mol. The van der Waals surface area contributed by atoms with E-state index >= 15 is 0 Å². The summed E-state index contributed by atoms with van der Waals surface area (Å²) in [4.78, 5) is 17.7. The molecule has 0 amide bonds. The van der Waals surface area contributed by atoms with Gasteiger partial charge in [0.2, 0.25) is 5.28 Å². The first-order chi connectivity index (χ1) is 9.38. The van der Waals surface area contributed by atoms with Crippen LogP contribution in [0.4, 0.5) is 10.1 Å². The number of nitrogens with zero attached hydrogens (tertiary/aromatic N) is 3. The van der Waals surface area contributed by atoms with E-state index in [0.717, 1.165) is 6.07 Å². The van der Waals surface area contributed by atoms with E-state index in [0.29, 0.717) is 5.56 Å². The fraction of sp³-hybridized carbons (Fsp3) is 0.167. The third-order valence-corrected chi connectivity index (χ3v) is 2.71. The Morgan fingerprint density at radius 2 is 2.05 bits per heavy atom. The van der Waals surface area contributed by atoms with Gasteiger partial charge >= 0.3 is 11.6 Å². The van der Waals surface area contributed by atoms with Crippen LogP contribution in [0.25, 0.3) is 0 Å². The molecule has 8 heteroatoms. The van der Waals surface area contributed by atoms with E-state index in [1.54, 1.807) is 6.92 Å². The summed E-state index contributed by atoms with van der Waals surface area (Å²) in [7, 11) is 0. The minimum Gasteiger partial charge on any atom is -0.433 e. The molecule has 6 nitrogen and oxygen atoms in total. The normalized spacial score (nSPS) is 10.4. The zero-order chi connectivity index (χ0) is 14.9. The number of nitro groups is 1. The Morgan fingerprint density at radius 1 is 1.35 bits per heavy atom. The summed E-state index contributed by atoms with van der Waals surface area (Å²) in [5, 5.41) is 10.8. The van der Waals surface area contributed by atoms with Crippen LogP contribution in [0.2, 0.25) is 5.28 Å². The van der Waals surface area contributed by atoms with Crippen molar-refractivity contribution in [1.82, 2.24) is 9.97 Å². The molecule has 0 radical (unpaired) electrons. The van der Waals surface area contributed by atoms with Gasteiger partial charge in [-0.25, -0.2) is 9.37 Å². The van der Waals surface area contributed by atoms with Crippen molar-refractivity contribution in [1.29, 1.82) is 0 Å². The van der Waals surface area contributed by atoms with Gasteiger partial charge < -0.3 is 4.74 Å². The maximum atomic E-state index is 13.2. The van der Waals surface area contributed by atoms with Gasteiger partial charge in [-0.05, 0) is 37.1 Å². The van der Waals surface area contributed by atoms with E-state index in [2.05, 4.69) is 9.97 Å². The highest BCUT2D eigenvalue weighted by Gasteiger charge is 2.24. The molecule has 0 saturated carbocycles. The lowest BCUT2D eigenvalue weighted by atomic mass is 10.2. The summed E-state index contributed by atoms with van der Waals surface area (Å²) in [6.07, 6.45) is 0. The van der Waals surface area contributed by atoms with Crippen molar-refractivity contribution >= 4 is 17.3 Å². The number of benzene rings is 1. The second-order valence-electron chi connectivity index (χ2n) is 4.00. The van der Waals surface area contributed by atoms with Crippen molar-refractivity contribution in [3.63, 3.8) is 0 Å². The van der Waals surface area contributed by atoms with Crippen molar-refractivity contribution in [3.05, 3.63) is 50.7 Å². The first-order valence-corrected chi connectivity index (χ1v) is 5.89. The number of halogens is 2. The quantitative estimate of drug-likeness (QED) is 0.491. The van der Waals surface area contributed by atoms with Crippen LogP contribution in [0, 0.1) is 29.8 Å². The van der Waals surface area contributed by atoms with Crippen molar-refractivity contribution in [2.45, 2.75) is 13.8 Å². The Morgan fingerprint density at radius 3 is 2.70 bits per heavy atom. The first-order valence-electron chi connectivity index (χ1n) is 5.51.